The lowest BCUT2D eigenvalue weighted by Crippen LogP contribution is -2.45. The summed E-state index contributed by atoms with van der Waals surface area (Å²) in [5.41, 5.74) is 0. The molecule has 2 rings (SSSR count). The van der Waals surface area contributed by atoms with Crippen molar-refractivity contribution in [3.63, 3.8) is 0 Å². The first kappa shape index (κ1) is 8.83. The Morgan fingerprint density at radius 1 is 1.21 bits per heavy atom. The van der Waals surface area contributed by atoms with Gasteiger partial charge in [-0.3, -0.25) is 0 Å². The largest absolute Gasteiger partial charge is 0.478 e. The Bertz CT molecular complexity index is 362. The highest BCUT2D eigenvalue weighted by molar-refractivity contribution is 5.74. The predicted molar refractivity (Wildman–Crippen MR) is 45.1 cm³/mol. The number of aliphatic carboxylic acids is 1. The van der Waals surface area contributed by atoms with Crippen LogP contribution in [0.3, 0.4) is 0 Å². The highest BCUT2D eigenvalue weighted by Gasteiger charge is 2.35. The van der Waals surface area contributed by atoms with Crippen LogP contribution in [0.25, 0.3) is 0 Å². The maximum Gasteiger partial charge on any atom is 0.351 e. The van der Waals surface area contributed by atoms with E-state index in [1.165, 1.54) is 0 Å². The maximum atomic E-state index is 10.6. The summed E-state index contributed by atoms with van der Waals surface area (Å²) in [5, 5.41) is 17.9. The van der Waals surface area contributed by atoms with Crippen LogP contribution in [0.4, 0.5) is 0 Å². The number of hydrogen-bond donors (Lipinski definition) is 2. The second kappa shape index (κ2) is 3.19. The van der Waals surface area contributed by atoms with E-state index in [0.29, 0.717) is 11.5 Å². The molecule has 14 heavy (non-hydrogen) atoms. The number of ether oxygens (including phenoxy) is 2. The molecule has 1 aliphatic rings. The van der Waals surface area contributed by atoms with Crippen molar-refractivity contribution in [2.45, 2.75) is 12.4 Å². The first-order valence-electron chi connectivity index (χ1n) is 4.01. The normalized spacial score (nSPS) is 24.4. The first-order chi connectivity index (χ1) is 6.68. The van der Waals surface area contributed by atoms with Gasteiger partial charge in [-0.15, -0.1) is 0 Å². The van der Waals surface area contributed by atoms with Gasteiger partial charge in [0, 0.05) is 0 Å². The molecule has 0 saturated carbocycles. The number of hydrogen-bond acceptors (Lipinski definition) is 4. The minimum atomic E-state index is -1.47. The van der Waals surface area contributed by atoms with Crippen LogP contribution in [0, 0.1) is 0 Å². The van der Waals surface area contributed by atoms with Gasteiger partial charge in [0.05, 0.1) is 0 Å². The van der Waals surface area contributed by atoms with Crippen LogP contribution in [-0.2, 0) is 4.79 Å². The first-order valence-corrected chi connectivity index (χ1v) is 4.01. The molecule has 1 aromatic rings. The average molecular weight is 196 g/mol. The monoisotopic (exact) mass is 196 g/mol. The quantitative estimate of drug-likeness (QED) is 0.672. The number of para-hydroxylation sites is 2. The van der Waals surface area contributed by atoms with Crippen LogP contribution in [0.2, 0.25) is 0 Å². The molecule has 1 heterocycles. The summed E-state index contributed by atoms with van der Waals surface area (Å²) >= 11 is 0. The van der Waals surface area contributed by atoms with Crippen LogP contribution < -0.4 is 9.47 Å². The zero-order valence-electron chi connectivity index (χ0n) is 7.08. The molecule has 2 unspecified atom stereocenters. The zero-order chi connectivity index (χ0) is 10.1. The van der Waals surface area contributed by atoms with Gasteiger partial charge in [0.15, 0.2) is 11.5 Å². The maximum absolute atomic E-state index is 10.6. The molecule has 5 heteroatoms. The second-order valence-corrected chi connectivity index (χ2v) is 2.83. The molecule has 74 valence electrons. The molecular formula is C9H8O5. The molecule has 2 N–H and O–H groups in total. The SMILES string of the molecule is O=C(O)C1Oc2ccccc2OC1O. The van der Waals surface area contributed by atoms with Crippen molar-refractivity contribution in [2.75, 3.05) is 0 Å². The van der Waals surface area contributed by atoms with Gasteiger partial charge in [0.25, 0.3) is 6.10 Å². The van der Waals surface area contributed by atoms with Crippen molar-refractivity contribution in [3.05, 3.63) is 24.3 Å². The molecule has 0 spiro atoms. The van der Waals surface area contributed by atoms with Gasteiger partial charge in [-0.1, -0.05) is 12.1 Å². The summed E-state index contributed by atoms with van der Waals surface area (Å²) < 4.78 is 9.99. The van der Waals surface area contributed by atoms with E-state index in [4.69, 9.17) is 14.6 Å². The molecule has 0 fully saturated rings. The van der Waals surface area contributed by atoms with Crippen molar-refractivity contribution in [2.24, 2.45) is 0 Å². The lowest BCUT2D eigenvalue weighted by Gasteiger charge is -2.27. The minimum Gasteiger partial charge on any atom is -0.478 e. The van der Waals surface area contributed by atoms with E-state index in [1.54, 1.807) is 24.3 Å². The summed E-state index contributed by atoms with van der Waals surface area (Å²) in [7, 11) is 0. The summed E-state index contributed by atoms with van der Waals surface area (Å²) in [4.78, 5) is 10.6. The number of fused-ring (bicyclic) bond motifs is 1. The van der Waals surface area contributed by atoms with Crippen molar-refractivity contribution in [1.29, 1.82) is 0 Å². The predicted octanol–water partition coefficient (Wildman–Crippen LogP) is 0.229. The van der Waals surface area contributed by atoms with Crippen LogP contribution >= 0.6 is 0 Å². The fourth-order valence-corrected chi connectivity index (χ4v) is 1.20. The van der Waals surface area contributed by atoms with Crippen molar-refractivity contribution in [3.8, 4) is 11.5 Å². The minimum absolute atomic E-state index is 0.324. The molecule has 0 aromatic heterocycles. The van der Waals surface area contributed by atoms with Crippen LogP contribution in [-0.4, -0.2) is 28.6 Å². The van der Waals surface area contributed by atoms with Crippen molar-refractivity contribution < 1.29 is 24.5 Å². The highest BCUT2D eigenvalue weighted by Crippen LogP contribution is 2.32. The lowest BCUT2D eigenvalue weighted by atomic mass is 10.2. The Hall–Kier alpha value is -1.75. The molecule has 5 nitrogen and oxygen atoms in total. The third-order valence-corrected chi connectivity index (χ3v) is 1.85. The fraction of sp³-hybridized carbons (Fsp3) is 0.222. The lowest BCUT2D eigenvalue weighted by molar-refractivity contribution is -0.168. The number of carboxylic acids is 1. The van der Waals surface area contributed by atoms with E-state index in [9.17, 15) is 9.90 Å². The van der Waals surface area contributed by atoms with E-state index < -0.39 is 18.4 Å². The molecule has 0 radical (unpaired) electrons. The number of aliphatic hydroxyl groups excluding tert-OH is 1. The van der Waals surface area contributed by atoms with Crippen molar-refractivity contribution in [1.82, 2.24) is 0 Å². The summed E-state index contributed by atoms with van der Waals surface area (Å²) in [6, 6.07) is 6.57. The molecule has 1 aliphatic heterocycles. The van der Waals surface area contributed by atoms with Gasteiger partial charge >= 0.3 is 5.97 Å². The van der Waals surface area contributed by atoms with Gasteiger partial charge in [-0.05, 0) is 12.1 Å². The third-order valence-electron chi connectivity index (χ3n) is 1.85. The number of benzene rings is 1. The molecular weight excluding hydrogens is 188 g/mol. The second-order valence-electron chi connectivity index (χ2n) is 2.83. The van der Waals surface area contributed by atoms with Crippen molar-refractivity contribution >= 4 is 5.97 Å². The molecule has 2 atom stereocenters. The van der Waals surface area contributed by atoms with E-state index in [2.05, 4.69) is 0 Å². The van der Waals surface area contributed by atoms with Gasteiger partial charge < -0.3 is 19.7 Å². The summed E-state index contributed by atoms with van der Waals surface area (Å²) in [6.45, 7) is 0. The standard InChI is InChI=1S/C9H8O5/c10-8(11)7-9(12)14-6-4-2-1-3-5(6)13-7/h1-4,7,9,12H,(H,10,11). The van der Waals surface area contributed by atoms with E-state index in [0.717, 1.165) is 0 Å². The van der Waals surface area contributed by atoms with Gasteiger partial charge in [0.1, 0.15) is 0 Å². The zero-order valence-corrected chi connectivity index (χ0v) is 7.08. The van der Waals surface area contributed by atoms with Crippen LogP contribution in [0.15, 0.2) is 24.3 Å². The number of carboxylic acid groups (broad SMARTS) is 1. The van der Waals surface area contributed by atoms with Crippen LogP contribution in [0.5, 0.6) is 11.5 Å². The summed E-state index contributed by atoms with van der Waals surface area (Å²) in [6.07, 6.45) is -2.84. The Labute approximate surface area is 79.5 Å². The molecule has 0 aliphatic carbocycles. The third kappa shape index (κ3) is 1.38. The summed E-state index contributed by atoms with van der Waals surface area (Å²) in [5.74, 6) is -0.588. The Balaban J connectivity index is 2.31. The van der Waals surface area contributed by atoms with Gasteiger partial charge in [0.2, 0.25) is 6.29 Å². The highest BCUT2D eigenvalue weighted by atomic mass is 16.7. The van der Waals surface area contributed by atoms with Gasteiger partial charge in [-0.25, -0.2) is 4.79 Å². The van der Waals surface area contributed by atoms with Crippen LogP contribution in [0.1, 0.15) is 0 Å². The smallest absolute Gasteiger partial charge is 0.351 e. The fourth-order valence-electron chi connectivity index (χ4n) is 1.20. The molecule has 1 aromatic carbocycles. The molecule has 0 saturated heterocycles. The van der Waals surface area contributed by atoms with E-state index in [-0.39, 0.29) is 0 Å². The van der Waals surface area contributed by atoms with Gasteiger partial charge in [-0.2, -0.15) is 0 Å². The number of rotatable bonds is 1. The molecule has 0 bridgehead atoms. The number of aliphatic hydroxyl groups is 1. The van der Waals surface area contributed by atoms with E-state index >= 15 is 0 Å². The average Bonchev–Trinajstić information content (AvgIpc) is 2.16. The number of carbonyl (C=O) groups is 1. The Kier molecular flexibility index (Phi) is 2.01. The van der Waals surface area contributed by atoms with E-state index in [1.807, 2.05) is 0 Å². The Morgan fingerprint density at radius 2 is 1.79 bits per heavy atom. The topological polar surface area (TPSA) is 76.0 Å². The Morgan fingerprint density at radius 3 is 2.36 bits per heavy atom. The molecule has 0 amide bonds.